The average Bonchev–Trinajstić information content (AvgIpc) is 3.96. The average molecular weight is 681 g/mol. The van der Waals surface area contributed by atoms with Crippen molar-refractivity contribution in [1.29, 1.82) is 0 Å². The van der Waals surface area contributed by atoms with Crippen molar-refractivity contribution < 1.29 is 37.3 Å². The van der Waals surface area contributed by atoms with Crippen molar-refractivity contribution in [1.82, 2.24) is 9.97 Å². The minimum atomic E-state index is -0.905. The molecule has 0 atom stereocenters. The highest BCUT2D eigenvalue weighted by atomic mass is 32.1. The van der Waals surface area contributed by atoms with Crippen LogP contribution in [0.1, 0.15) is 32.9 Å². The van der Waals surface area contributed by atoms with Gasteiger partial charge in [0, 0.05) is 32.0 Å². The number of fused-ring (bicyclic) bond motifs is 6. The van der Waals surface area contributed by atoms with E-state index in [-0.39, 0.29) is 43.4 Å². The SMILES string of the molecule is [2H]c1c([2H])c([2H])c(-c2c([2H])c([2H])c(-c3ccc4sc5c(-c6c([2H])c([2H])c([2H])c(-c7c([2H])c([2H])c([2H])c(-c8c([2H])c([2H])c([2H])c9c8oc8c([2H])c([2H])c([2H])c([2H])c89)c7[2H])c6[2H])ncnc5c4c3)c([2H])c2[2H])c([2H])c1[2H]. The second-order valence-electron chi connectivity index (χ2n) is 10.7. The Kier molecular flexibility index (Phi) is 3.15. The zero-order valence-corrected chi connectivity index (χ0v) is 25.8. The van der Waals surface area contributed by atoms with Crippen LogP contribution >= 0.6 is 11.3 Å². The molecule has 7 aromatic carbocycles. The van der Waals surface area contributed by atoms with Gasteiger partial charge >= 0.3 is 0 Å². The van der Waals surface area contributed by atoms with E-state index in [0.29, 0.717) is 10.1 Å². The molecule has 50 heavy (non-hydrogen) atoms. The standard InChI is InChI=1S/C46H28N2OS/c1-2-9-29(10-3-1)30-19-21-31(22-20-30)34-23-24-42-40(27-34)44-46(50-42)43(47-28-48-44)36-14-7-12-33(26-36)32-11-6-13-35(25-32)37-16-8-17-39-38-15-4-5-18-41(38)49-45(37)39/h1-28H/i1D,2D,3D,4D,5D,6D,7D,8D,9D,10D,11D,12D,13D,14D,15D,16D,17D,18D,19D,20D,21D,22D,25D,26D. The van der Waals surface area contributed by atoms with Crippen LogP contribution < -0.4 is 0 Å². The first kappa shape index (κ1) is 13.5. The van der Waals surface area contributed by atoms with Gasteiger partial charge in [-0.3, -0.25) is 0 Å². The molecule has 0 bridgehead atoms. The molecule has 4 heteroatoms. The van der Waals surface area contributed by atoms with Gasteiger partial charge in [0.25, 0.3) is 0 Å². The lowest BCUT2D eigenvalue weighted by Gasteiger charge is -2.09. The Labute approximate surface area is 326 Å². The first-order chi connectivity index (χ1) is 34.8. The van der Waals surface area contributed by atoms with Gasteiger partial charge in [-0.2, -0.15) is 0 Å². The van der Waals surface area contributed by atoms with E-state index in [1.165, 1.54) is 12.1 Å². The molecule has 0 aliphatic carbocycles. The van der Waals surface area contributed by atoms with E-state index in [1.54, 1.807) is 6.07 Å². The third kappa shape index (κ3) is 4.80. The molecule has 3 aromatic heterocycles. The highest BCUT2D eigenvalue weighted by Crippen LogP contribution is 2.41. The molecule has 0 N–H and O–H groups in total. The van der Waals surface area contributed by atoms with Crippen LogP contribution in [-0.2, 0) is 0 Å². The molecule has 0 saturated heterocycles. The maximum atomic E-state index is 9.60. The number of furan rings is 1. The molecule has 0 spiro atoms. The van der Waals surface area contributed by atoms with Crippen molar-refractivity contribution in [3.05, 3.63) is 170 Å². The Bertz CT molecular complexity index is 4210. The van der Waals surface area contributed by atoms with Crippen LogP contribution in [0, 0.1) is 0 Å². The van der Waals surface area contributed by atoms with Gasteiger partial charge in [0.1, 0.15) is 17.5 Å². The van der Waals surface area contributed by atoms with Gasteiger partial charge in [-0.25, -0.2) is 9.97 Å². The lowest BCUT2D eigenvalue weighted by Crippen LogP contribution is -1.88. The molecule has 0 aliphatic rings. The number of para-hydroxylation sites is 2. The number of hydrogen-bond donors (Lipinski definition) is 0. The van der Waals surface area contributed by atoms with E-state index in [1.807, 2.05) is 0 Å². The van der Waals surface area contributed by atoms with Gasteiger partial charge in [0.15, 0.2) is 0 Å². The minimum absolute atomic E-state index is 0.126. The lowest BCUT2D eigenvalue weighted by atomic mass is 9.96. The highest BCUT2D eigenvalue weighted by Gasteiger charge is 2.16. The van der Waals surface area contributed by atoms with Gasteiger partial charge in [0.05, 0.1) is 48.8 Å². The van der Waals surface area contributed by atoms with Gasteiger partial charge in [0.2, 0.25) is 0 Å². The van der Waals surface area contributed by atoms with Gasteiger partial charge in [-0.1, -0.05) is 133 Å². The fourth-order valence-electron chi connectivity index (χ4n) is 5.55. The van der Waals surface area contributed by atoms with Crippen LogP contribution in [-0.4, -0.2) is 9.97 Å². The van der Waals surface area contributed by atoms with Crippen LogP contribution in [0.2, 0.25) is 0 Å². The maximum absolute atomic E-state index is 9.60. The zero-order chi connectivity index (χ0) is 53.9. The zero-order valence-electron chi connectivity index (χ0n) is 49.0. The normalized spacial score (nSPS) is 18.3. The summed E-state index contributed by atoms with van der Waals surface area (Å²) in [7, 11) is 0. The largest absolute Gasteiger partial charge is 0.455 e. The molecule has 3 heterocycles. The summed E-state index contributed by atoms with van der Waals surface area (Å²) in [5, 5.41) is -0.330. The second kappa shape index (κ2) is 11.7. The quantitative estimate of drug-likeness (QED) is 0.182. The van der Waals surface area contributed by atoms with Crippen molar-refractivity contribution in [3.8, 4) is 55.8 Å². The number of hydrogen-bond acceptors (Lipinski definition) is 4. The van der Waals surface area contributed by atoms with Gasteiger partial charge in [-0.05, 0) is 69.2 Å². The molecule has 0 unspecified atom stereocenters. The van der Waals surface area contributed by atoms with Gasteiger partial charge in [-0.15, -0.1) is 11.3 Å². The fraction of sp³-hybridized carbons (Fsp3) is 0. The summed E-state index contributed by atoms with van der Waals surface area (Å²) < 4.78 is 217. The smallest absolute Gasteiger partial charge is 0.143 e. The van der Waals surface area contributed by atoms with Crippen molar-refractivity contribution in [2.24, 2.45) is 0 Å². The Hall–Kier alpha value is -6.36. The molecule has 3 nitrogen and oxygen atoms in total. The maximum Gasteiger partial charge on any atom is 0.143 e. The lowest BCUT2D eigenvalue weighted by molar-refractivity contribution is 0.670. The number of benzene rings is 7. The summed E-state index contributed by atoms with van der Waals surface area (Å²) in [4.78, 5) is 8.85. The first-order valence-electron chi connectivity index (χ1n) is 26.8. The molecule has 0 radical (unpaired) electrons. The predicted octanol–water partition coefficient (Wildman–Crippen LogP) is 13.1. The van der Waals surface area contributed by atoms with E-state index in [4.69, 9.17) is 34.6 Å². The van der Waals surface area contributed by atoms with Crippen LogP contribution in [0.4, 0.5) is 0 Å². The summed E-state index contributed by atoms with van der Waals surface area (Å²) in [5.41, 5.74) is -4.90. The first-order valence-corrected chi connectivity index (χ1v) is 15.6. The Morgan fingerprint density at radius 1 is 0.500 bits per heavy atom. The summed E-state index contributed by atoms with van der Waals surface area (Å²) in [6, 6.07) is -13.1. The molecule has 234 valence electrons. The van der Waals surface area contributed by atoms with Crippen LogP contribution in [0.25, 0.3) is 98.0 Å². The van der Waals surface area contributed by atoms with Crippen LogP contribution in [0.3, 0.4) is 0 Å². The summed E-state index contributed by atoms with van der Waals surface area (Å²) in [6.07, 6.45) is 1.08. The van der Waals surface area contributed by atoms with Gasteiger partial charge < -0.3 is 4.42 Å². The van der Waals surface area contributed by atoms with Crippen molar-refractivity contribution in [3.63, 3.8) is 0 Å². The van der Waals surface area contributed by atoms with Crippen molar-refractivity contribution >= 4 is 53.6 Å². The Balaban J connectivity index is 1.19. The monoisotopic (exact) mass is 680 g/mol. The van der Waals surface area contributed by atoms with Crippen molar-refractivity contribution in [2.75, 3.05) is 0 Å². The Morgan fingerprint density at radius 3 is 1.98 bits per heavy atom. The minimum Gasteiger partial charge on any atom is -0.455 e. The third-order valence-corrected chi connectivity index (χ3v) is 9.00. The summed E-state index contributed by atoms with van der Waals surface area (Å²) in [5.74, 6) is 0. The van der Waals surface area contributed by atoms with Crippen LogP contribution in [0.15, 0.2) is 174 Å². The second-order valence-corrected chi connectivity index (χ2v) is 11.8. The Morgan fingerprint density at radius 2 is 1.14 bits per heavy atom. The topological polar surface area (TPSA) is 38.9 Å². The van der Waals surface area contributed by atoms with E-state index in [9.17, 15) is 2.74 Å². The summed E-state index contributed by atoms with van der Waals surface area (Å²) >= 11 is 1.05. The molecule has 10 rings (SSSR count). The predicted molar refractivity (Wildman–Crippen MR) is 209 cm³/mol. The van der Waals surface area contributed by atoms with E-state index < -0.39 is 190 Å². The third-order valence-electron chi connectivity index (χ3n) is 7.84. The molecular formula is C46H28N2OS. The van der Waals surface area contributed by atoms with E-state index in [0.717, 1.165) is 17.7 Å². The number of nitrogens with zero attached hydrogens (tertiary/aromatic N) is 2. The molecule has 0 saturated carbocycles. The number of rotatable bonds is 5. The van der Waals surface area contributed by atoms with Crippen LogP contribution in [0.5, 0.6) is 0 Å². The summed E-state index contributed by atoms with van der Waals surface area (Å²) in [6.45, 7) is 0. The molecule has 10 aromatic rings. The number of thiophene rings is 1. The number of aromatic nitrogens is 2. The highest BCUT2D eigenvalue weighted by molar-refractivity contribution is 7.26. The van der Waals surface area contributed by atoms with E-state index in [2.05, 4.69) is 9.97 Å². The fourth-order valence-corrected chi connectivity index (χ4v) is 6.68. The molecule has 0 fully saturated rings. The molecule has 0 amide bonds. The van der Waals surface area contributed by atoms with Crippen molar-refractivity contribution in [2.45, 2.75) is 0 Å². The molecule has 0 aliphatic heterocycles. The molecular weight excluding hydrogens is 629 g/mol. The van der Waals surface area contributed by atoms with E-state index >= 15 is 0 Å².